The summed E-state index contributed by atoms with van der Waals surface area (Å²) in [5.74, 6) is -2.19. The molecule has 1 amide bonds. The largest absolute Gasteiger partial charge is 0.469 e. The minimum atomic E-state index is -0.774. The predicted molar refractivity (Wildman–Crippen MR) is 169 cm³/mol. The van der Waals surface area contributed by atoms with Crippen molar-refractivity contribution >= 4 is 45.3 Å². The second kappa shape index (κ2) is 13.8. The summed E-state index contributed by atoms with van der Waals surface area (Å²) >= 11 is 3.31. The molecule has 1 heterocycles. The maximum atomic E-state index is 13.4. The maximum Gasteiger partial charge on any atom is 0.329 e. The molecular weight excluding hydrogens is 626 g/mol. The van der Waals surface area contributed by atoms with Gasteiger partial charge in [0.2, 0.25) is 11.7 Å². The van der Waals surface area contributed by atoms with Crippen LogP contribution in [0.2, 0.25) is 0 Å². The summed E-state index contributed by atoms with van der Waals surface area (Å²) in [7, 11) is 1.29. The Morgan fingerprint density at radius 3 is 1.95 bits per heavy atom. The molecule has 234 valence electrons. The highest BCUT2D eigenvalue weighted by Crippen LogP contribution is 2.40. The lowest BCUT2D eigenvalue weighted by Crippen LogP contribution is -2.46. The van der Waals surface area contributed by atoms with E-state index >= 15 is 0 Å². The molecule has 0 bridgehead atoms. The summed E-state index contributed by atoms with van der Waals surface area (Å²) in [5, 5.41) is 0.304. The van der Waals surface area contributed by atoms with Crippen molar-refractivity contribution in [3.8, 4) is 11.1 Å². The van der Waals surface area contributed by atoms with Crippen LogP contribution in [0.1, 0.15) is 88.9 Å². The first-order valence-corrected chi connectivity index (χ1v) is 16.7. The fraction of sp³-hybridized carbons (Fsp3) is 0.514. The fourth-order valence-corrected chi connectivity index (χ4v) is 7.48. The molecule has 5 rings (SSSR count). The van der Waals surface area contributed by atoms with E-state index in [4.69, 9.17) is 9.47 Å². The average molecular weight is 667 g/mol. The highest BCUT2D eigenvalue weighted by Gasteiger charge is 2.40. The second-order valence-electron chi connectivity index (χ2n) is 12.4. The number of amides is 1. The third-order valence-electron chi connectivity index (χ3n) is 9.47. The number of rotatable bonds is 11. The Labute approximate surface area is 267 Å². The first kappa shape index (κ1) is 32.1. The molecule has 1 aliphatic heterocycles. The molecule has 1 fully saturated rings. The predicted octanol–water partition coefficient (Wildman–Crippen LogP) is 5.46. The Hall–Kier alpha value is -3.33. The Bertz CT molecular complexity index is 1500. The van der Waals surface area contributed by atoms with Gasteiger partial charge in [0, 0.05) is 17.7 Å². The van der Waals surface area contributed by atoms with Gasteiger partial charge >= 0.3 is 11.9 Å². The number of nitrogens with zero attached hydrogens (tertiary/aromatic N) is 1. The van der Waals surface area contributed by atoms with Gasteiger partial charge in [0.1, 0.15) is 6.04 Å². The van der Waals surface area contributed by atoms with Crippen LogP contribution >= 0.6 is 15.9 Å². The van der Waals surface area contributed by atoms with Gasteiger partial charge in [-0.2, -0.15) is 0 Å². The molecule has 0 radical (unpaired) electrons. The fourth-order valence-electron chi connectivity index (χ4n) is 7.18. The van der Waals surface area contributed by atoms with Crippen LogP contribution in [-0.4, -0.2) is 65.9 Å². The summed E-state index contributed by atoms with van der Waals surface area (Å²) in [5.41, 5.74) is 8.20. The number of esters is 2. The van der Waals surface area contributed by atoms with Gasteiger partial charge in [-0.05, 0) is 90.7 Å². The summed E-state index contributed by atoms with van der Waals surface area (Å²) in [6, 6.07) is 7.08. The van der Waals surface area contributed by atoms with Crippen molar-refractivity contribution < 1.29 is 33.4 Å². The van der Waals surface area contributed by atoms with Crippen LogP contribution in [0.5, 0.6) is 0 Å². The number of fused-ring (bicyclic) bond motifs is 2. The van der Waals surface area contributed by atoms with Gasteiger partial charge in [-0.3, -0.25) is 19.2 Å². The lowest BCUT2D eigenvalue weighted by atomic mass is 9.87. The van der Waals surface area contributed by atoms with Gasteiger partial charge in [-0.1, -0.05) is 54.0 Å². The molecular formula is C35H40BrNO7. The lowest BCUT2D eigenvalue weighted by molar-refractivity contribution is -0.155. The Morgan fingerprint density at radius 1 is 0.841 bits per heavy atom. The maximum absolute atomic E-state index is 13.4. The lowest BCUT2D eigenvalue weighted by Gasteiger charge is -2.29. The van der Waals surface area contributed by atoms with E-state index in [2.05, 4.69) is 22.0 Å². The van der Waals surface area contributed by atoms with Crippen LogP contribution in [0.25, 0.3) is 11.1 Å². The normalized spacial score (nSPS) is 17.8. The van der Waals surface area contributed by atoms with Crippen LogP contribution in [0.4, 0.5) is 0 Å². The van der Waals surface area contributed by atoms with Gasteiger partial charge in [0.25, 0.3) is 0 Å². The zero-order chi connectivity index (χ0) is 31.5. The van der Waals surface area contributed by atoms with E-state index in [1.807, 2.05) is 32.0 Å². The minimum Gasteiger partial charge on any atom is -0.469 e. The number of Topliss-reactive ketones (excluding diaryl/α,β-unsaturated/α-hetero) is 2. The summed E-state index contributed by atoms with van der Waals surface area (Å²) in [6.07, 6.45) is 6.49. The molecule has 2 aromatic rings. The monoisotopic (exact) mass is 665 g/mol. The average Bonchev–Trinajstić information content (AvgIpc) is 3.81. The van der Waals surface area contributed by atoms with Gasteiger partial charge in [0.15, 0.2) is 12.4 Å². The Morgan fingerprint density at radius 2 is 1.41 bits per heavy atom. The van der Waals surface area contributed by atoms with E-state index in [-0.39, 0.29) is 29.8 Å². The van der Waals surface area contributed by atoms with Crippen LogP contribution < -0.4 is 0 Å². The number of hydrogen-bond donors (Lipinski definition) is 0. The minimum absolute atomic E-state index is 0.0488. The SMILES string of the molecule is COC(=O)C[C@H](C(=O)N1CCC[C@H]1C(=O)OCC(=O)c1ccc(-c2ccc(C(=O)CBr)c3c2CCC3)c2c1CCC2)C(C)C. The standard InChI is InChI=1S/C35H40BrNO7/c1-20(2)29(17-33(40)43-3)34(41)37-16-6-11-30(37)35(42)44-19-32(39)28-15-13-26(22-8-5-10-24(22)28)25-12-14-27(31(38)18-36)23-9-4-7-21(23)25/h12-15,20,29-30H,4-11,16-19H2,1-3H3/t29-,30-/m0/s1. The summed E-state index contributed by atoms with van der Waals surface area (Å²) in [4.78, 5) is 65.9. The third kappa shape index (κ3) is 6.25. The van der Waals surface area contributed by atoms with Gasteiger partial charge < -0.3 is 14.4 Å². The van der Waals surface area contributed by atoms with Crippen molar-refractivity contribution in [2.45, 2.75) is 77.7 Å². The molecule has 0 aromatic heterocycles. The number of methoxy groups -OCH3 is 1. The smallest absolute Gasteiger partial charge is 0.329 e. The molecule has 0 unspecified atom stereocenters. The van der Waals surface area contributed by atoms with Gasteiger partial charge in [0.05, 0.1) is 24.8 Å². The van der Waals surface area contributed by atoms with E-state index in [0.717, 1.165) is 71.9 Å². The number of halogens is 1. The first-order valence-electron chi connectivity index (χ1n) is 15.6. The molecule has 0 saturated carbocycles. The second-order valence-corrected chi connectivity index (χ2v) is 12.9. The molecule has 2 aromatic carbocycles. The van der Waals surface area contributed by atoms with Crippen molar-refractivity contribution in [3.63, 3.8) is 0 Å². The zero-order valence-electron chi connectivity index (χ0n) is 25.7. The molecule has 2 atom stereocenters. The van der Waals surface area contributed by atoms with Crippen LogP contribution in [0, 0.1) is 11.8 Å². The Kier molecular flexibility index (Phi) is 10.0. The number of carbonyl (C=O) groups is 5. The number of ether oxygens (including phenoxy) is 2. The molecule has 3 aliphatic rings. The van der Waals surface area contributed by atoms with Crippen molar-refractivity contribution in [1.29, 1.82) is 0 Å². The zero-order valence-corrected chi connectivity index (χ0v) is 27.3. The number of hydrogen-bond acceptors (Lipinski definition) is 7. The van der Waals surface area contributed by atoms with Gasteiger partial charge in [-0.25, -0.2) is 4.79 Å². The third-order valence-corrected chi connectivity index (χ3v) is 9.98. The topological polar surface area (TPSA) is 107 Å². The highest BCUT2D eigenvalue weighted by atomic mass is 79.9. The molecule has 0 N–H and O–H groups in total. The summed E-state index contributed by atoms with van der Waals surface area (Å²) < 4.78 is 10.3. The van der Waals surface area contributed by atoms with E-state index in [1.165, 1.54) is 17.6 Å². The quantitative estimate of drug-likeness (QED) is 0.178. The number of benzene rings is 2. The Balaban J connectivity index is 1.31. The van der Waals surface area contributed by atoms with E-state index < -0.39 is 30.5 Å². The molecule has 2 aliphatic carbocycles. The highest BCUT2D eigenvalue weighted by molar-refractivity contribution is 9.09. The van der Waals surface area contributed by atoms with Crippen LogP contribution in [-0.2, 0) is 49.5 Å². The van der Waals surface area contributed by atoms with Crippen molar-refractivity contribution in [2.24, 2.45) is 11.8 Å². The molecule has 1 saturated heterocycles. The molecule has 9 heteroatoms. The van der Waals surface area contributed by atoms with Crippen molar-refractivity contribution in [2.75, 3.05) is 25.6 Å². The van der Waals surface area contributed by atoms with Crippen LogP contribution in [0.15, 0.2) is 24.3 Å². The van der Waals surface area contributed by atoms with E-state index in [1.54, 1.807) is 0 Å². The summed E-state index contributed by atoms with van der Waals surface area (Å²) in [6.45, 7) is 3.75. The molecule has 8 nitrogen and oxygen atoms in total. The number of carbonyl (C=O) groups excluding carboxylic acids is 5. The number of likely N-dealkylation sites (tertiary alicyclic amines) is 1. The van der Waals surface area contributed by atoms with E-state index in [9.17, 15) is 24.0 Å². The van der Waals surface area contributed by atoms with Crippen molar-refractivity contribution in [1.82, 2.24) is 4.90 Å². The van der Waals surface area contributed by atoms with Gasteiger partial charge in [-0.15, -0.1) is 0 Å². The van der Waals surface area contributed by atoms with Crippen molar-refractivity contribution in [3.05, 3.63) is 57.6 Å². The van der Waals surface area contributed by atoms with E-state index in [0.29, 0.717) is 30.3 Å². The number of alkyl halides is 1. The number of ketones is 2. The first-order chi connectivity index (χ1) is 21.2. The van der Waals surface area contributed by atoms with Crippen LogP contribution in [0.3, 0.4) is 0 Å². The molecule has 0 spiro atoms. The molecule has 44 heavy (non-hydrogen) atoms.